The van der Waals surface area contributed by atoms with Crippen LogP contribution in [0.1, 0.15) is 18.9 Å². The summed E-state index contributed by atoms with van der Waals surface area (Å²) in [6.45, 7) is 4.12. The number of hydrogen-bond donors (Lipinski definition) is 1. The van der Waals surface area contributed by atoms with Gasteiger partial charge in [0.1, 0.15) is 6.07 Å². The smallest absolute Gasteiger partial charge is 0.184 e. The third-order valence-corrected chi connectivity index (χ3v) is 2.82. The van der Waals surface area contributed by atoms with E-state index in [0.717, 1.165) is 18.7 Å². The minimum absolute atomic E-state index is 0.449. The molecule has 0 bridgehead atoms. The third-order valence-electron chi connectivity index (χ3n) is 2.82. The monoisotopic (exact) mass is 278 g/mol. The first-order valence-corrected chi connectivity index (χ1v) is 6.68. The highest BCUT2D eigenvalue weighted by Crippen LogP contribution is 2.29. The van der Waals surface area contributed by atoms with Crippen molar-refractivity contribution < 1.29 is 14.2 Å². The summed E-state index contributed by atoms with van der Waals surface area (Å²) in [7, 11) is 3.27. The maximum Gasteiger partial charge on any atom is 0.184 e. The van der Waals surface area contributed by atoms with Crippen LogP contribution in [0.15, 0.2) is 18.2 Å². The molecule has 1 unspecified atom stereocenters. The average molecular weight is 278 g/mol. The molecule has 1 N–H and O–H groups in total. The molecule has 0 radical (unpaired) electrons. The van der Waals surface area contributed by atoms with Crippen LogP contribution in [0.3, 0.4) is 0 Å². The highest BCUT2D eigenvalue weighted by molar-refractivity contribution is 5.43. The molecule has 110 valence electrons. The lowest BCUT2D eigenvalue weighted by atomic mass is 10.2. The van der Waals surface area contributed by atoms with Crippen LogP contribution in [0.2, 0.25) is 0 Å². The number of rotatable bonds is 9. The highest BCUT2D eigenvalue weighted by atomic mass is 16.5. The molecule has 0 aromatic heterocycles. The summed E-state index contributed by atoms with van der Waals surface area (Å²) in [5, 5.41) is 12.2. The van der Waals surface area contributed by atoms with Crippen LogP contribution in [0, 0.1) is 11.3 Å². The average Bonchev–Trinajstić information content (AvgIpc) is 2.49. The van der Waals surface area contributed by atoms with E-state index in [0.29, 0.717) is 24.5 Å². The van der Waals surface area contributed by atoms with Gasteiger partial charge in [-0.3, -0.25) is 0 Å². The van der Waals surface area contributed by atoms with Gasteiger partial charge in [-0.2, -0.15) is 5.26 Å². The number of ether oxygens (including phenoxy) is 3. The van der Waals surface area contributed by atoms with Crippen molar-refractivity contribution in [1.82, 2.24) is 5.32 Å². The SMILES string of the molecule is CCC(C#N)Oc1ccc(CNCCOC)cc1OC. The second-order valence-electron chi connectivity index (χ2n) is 4.30. The number of benzene rings is 1. The molecule has 1 rings (SSSR count). The highest BCUT2D eigenvalue weighted by Gasteiger charge is 2.11. The summed E-state index contributed by atoms with van der Waals surface area (Å²) in [6.07, 6.45) is 0.189. The van der Waals surface area contributed by atoms with Gasteiger partial charge < -0.3 is 19.5 Å². The van der Waals surface area contributed by atoms with E-state index in [1.54, 1.807) is 14.2 Å². The second kappa shape index (κ2) is 9.18. The van der Waals surface area contributed by atoms with E-state index >= 15 is 0 Å². The van der Waals surface area contributed by atoms with Gasteiger partial charge in [0.2, 0.25) is 0 Å². The molecule has 0 fully saturated rings. The van der Waals surface area contributed by atoms with Gasteiger partial charge in [-0.15, -0.1) is 0 Å². The lowest BCUT2D eigenvalue weighted by Crippen LogP contribution is -2.18. The summed E-state index contributed by atoms with van der Waals surface area (Å²) in [6, 6.07) is 7.83. The Hall–Kier alpha value is -1.77. The Morgan fingerprint density at radius 3 is 2.70 bits per heavy atom. The van der Waals surface area contributed by atoms with E-state index < -0.39 is 6.10 Å². The molecule has 0 aliphatic carbocycles. The van der Waals surface area contributed by atoms with Gasteiger partial charge in [0.05, 0.1) is 13.7 Å². The molecule has 5 heteroatoms. The largest absolute Gasteiger partial charge is 0.493 e. The van der Waals surface area contributed by atoms with Crippen molar-refractivity contribution >= 4 is 0 Å². The third kappa shape index (κ3) is 5.08. The minimum atomic E-state index is -0.449. The fourth-order valence-electron chi connectivity index (χ4n) is 1.68. The zero-order chi connectivity index (χ0) is 14.8. The fourth-order valence-corrected chi connectivity index (χ4v) is 1.68. The van der Waals surface area contributed by atoms with Gasteiger partial charge in [-0.05, 0) is 24.1 Å². The van der Waals surface area contributed by atoms with E-state index in [1.165, 1.54) is 0 Å². The summed E-state index contributed by atoms with van der Waals surface area (Å²) >= 11 is 0. The van der Waals surface area contributed by atoms with Gasteiger partial charge in [-0.25, -0.2) is 0 Å². The van der Waals surface area contributed by atoms with Gasteiger partial charge in [-0.1, -0.05) is 13.0 Å². The van der Waals surface area contributed by atoms with Crippen molar-refractivity contribution in [3.8, 4) is 17.6 Å². The lowest BCUT2D eigenvalue weighted by molar-refractivity contribution is 0.199. The molecular weight excluding hydrogens is 256 g/mol. The first kappa shape index (κ1) is 16.3. The number of nitrogens with zero attached hydrogens (tertiary/aromatic N) is 1. The Morgan fingerprint density at radius 2 is 2.10 bits per heavy atom. The van der Waals surface area contributed by atoms with E-state index in [2.05, 4.69) is 11.4 Å². The molecule has 0 saturated heterocycles. The van der Waals surface area contributed by atoms with Crippen LogP contribution in [0.5, 0.6) is 11.5 Å². The summed E-state index contributed by atoms with van der Waals surface area (Å²) in [5.74, 6) is 1.24. The molecule has 0 aliphatic heterocycles. The Morgan fingerprint density at radius 1 is 1.30 bits per heavy atom. The van der Waals surface area contributed by atoms with Crippen LogP contribution in [-0.4, -0.2) is 33.5 Å². The van der Waals surface area contributed by atoms with Crippen molar-refractivity contribution in [2.75, 3.05) is 27.4 Å². The number of hydrogen-bond acceptors (Lipinski definition) is 5. The van der Waals surface area contributed by atoms with Gasteiger partial charge in [0.15, 0.2) is 17.6 Å². The Kier molecular flexibility index (Phi) is 7.48. The van der Waals surface area contributed by atoms with E-state index in [-0.39, 0.29) is 0 Å². The standard InChI is InChI=1S/C15H22N2O3/c1-4-13(10-16)20-14-6-5-12(9-15(14)19-3)11-17-7-8-18-2/h5-6,9,13,17H,4,7-8,11H2,1-3H3. The maximum atomic E-state index is 8.93. The van der Waals surface area contributed by atoms with Crippen molar-refractivity contribution in [2.24, 2.45) is 0 Å². The van der Waals surface area contributed by atoms with Gasteiger partial charge >= 0.3 is 0 Å². The topological polar surface area (TPSA) is 63.5 Å². The van der Waals surface area contributed by atoms with Gasteiger partial charge in [0.25, 0.3) is 0 Å². The molecule has 20 heavy (non-hydrogen) atoms. The zero-order valence-electron chi connectivity index (χ0n) is 12.3. The molecule has 0 amide bonds. The normalized spacial score (nSPS) is 11.7. The van der Waals surface area contributed by atoms with Crippen LogP contribution in [-0.2, 0) is 11.3 Å². The van der Waals surface area contributed by atoms with E-state index in [4.69, 9.17) is 19.5 Å². The lowest BCUT2D eigenvalue weighted by Gasteiger charge is -2.15. The van der Waals surface area contributed by atoms with Crippen molar-refractivity contribution in [2.45, 2.75) is 26.0 Å². The molecule has 0 aliphatic rings. The van der Waals surface area contributed by atoms with Crippen LogP contribution >= 0.6 is 0 Å². The molecule has 1 aromatic rings. The van der Waals surface area contributed by atoms with Crippen LogP contribution in [0.25, 0.3) is 0 Å². The summed E-state index contributed by atoms with van der Waals surface area (Å²) in [5.41, 5.74) is 1.09. The first-order valence-electron chi connectivity index (χ1n) is 6.68. The summed E-state index contributed by atoms with van der Waals surface area (Å²) in [4.78, 5) is 0. The Bertz CT molecular complexity index is 443. The van der Waals surface area contributed by atoms with Crippen LogP contribution in [0.4, 0.5) is 0 Å². The molecular formula is C15H22N2O3. The first-order chi connectivity index (χ1) is 9.74. The molecule has 1 aromatic carbocycles. The number of methoxy groups -OCH3 is 2. The maximum absolute atomic E-state index is 8.93. The minimum Gasteiger partial charge on any atom is -0.493 e. The predicted octanol–water partition coefficient (Wildman–Crippen LogP) is 2.11. The van der Waals surface area contributed by atoms with Crippen molar-refractivity contribution in [3.05, 3.63) is 23.8 Å². The predicted molar refractivity (Wildman–Crippen MR) is 76.9 cm³/mol. The van der Waals surface area contributed by atoms with E-state index in [1.807, 2.05) is 25.1 Å². The van der Waals surface area contributed by atoms with Crippen molar-refractivity contribution in [3.63, 3.8) is 0 Å². The zero-order valence-corrected chi connectivity index (χ0v) is 12.3. The molecule has 0 saturated carbocycles. The molecule has 1 atom stereocenters. The fraction of sp³-hybridized carbons (Fsp3) is 0.533. The van der Waals surface area contributed by atoms with E-state index in [9.17, 15) is 0 Å². The number of nitriles is 1. The quantitative estimate of drug-likeness (QED) is 0.701. The second-order valence-corrected chi connectivity index (χ2v) is 4.30. The number of nitrogens with one attached hydrogen (secondary N) is 1. The van der Waals surface area contributed by atoms with Crippen LogP contribution < -0.4 is 14.8 Å². The van der Waals surface area contributed by atoms with Gasteiger partial charge in [0, 0.05) is 20.2 Å². The summed E-state index contributed by atoms with van der Waals surface area (Å²) < 4.78 is 15.9. The molecule has 0 spiro atoms. The van der Waals surface area contributed by atoms with Crippen molar-refractivity contribution in [1.29, 1.82) is 5.26 Å². The Balaban J connectivity index is 2.67. The molecule has 5 nitrogen and oxygen atoms in total. The molecule has 0 heterocycles. The Labute approximate surface area is 120 Å².